The number of piperidine rings is 1. The lowest BCUT2D eigenvalue weighted by Crippen LogP contribution is -2.40. The zero-order chi connectivity index (χ0) is 23.1. The minimum Gasteiger partial charge on any atom is -0.422 e. The fourth-order valence-electron chi connectivity index (χ4n) is 4.69. The average molecular weight is 454 g/mol. The molecule has 34 heavy (non-hydrogen) atoms. The molecule has 1 amide bonds. The lowest BCUT2D eigenvalue weighted by atomic mass is 9.95. The SMILES string of the molecule is O=C(c1cc2ccccc2oc1=O)N1CCC(c2nccn2Cn2nnc3ccccc32)CC1. The summed E-state index contributed by atoms with van der Waals surface area (Å²) in [5.74, 6) is 0.897. The summed E-state index contributed by atoms with van der Waals surface area (Å²) in [4.78, 5) is 31.8. The van der Waals surface area contributed by atoms with E-state index in [-0.39, 0.29) is 17.4 Å². The van der Waals surface area contributed by atoms with Crippen LogP contribution in [0.4, 0.5) is 0 Å². The van der Waals surface area contributed by atoms with Crippen LogP contribution in [0.25, 0.3) is 22.0 Å². The highest BCUT2D eigenvalue weighted by atomic mass is 16.4. The van der Waals surface area contributed by atoms with Crippen LogP contribution in [0.5, 0.6) is 0 Å². The molecule has 0 radical (unpaired) electrons. The number of fused-ring (bicyclic) bond motifs is 2. The van der Waals surface area contributed by atoms with Gasteiger partial charge < -0.3 is 13.9 Å². The highest BCUT2D eigenvalue weighted by molar-refractivity contribution is 5.96. The van der Waals surface area contributed by atoms with Crippen molar-refractivity contribution in [2.24, 2.45) is 0 Å². The molecule has 0 aliphatic carbocycles. The van der Waals surface area contributed by atoms with E-state index < -0.39 is 5.63 Å². The van der Waals surface area contributed by atoms with E-state index in [4.69, 9.17) is 4.42 Å². The van der Waals surface area contributed by atoms with Gasteiger partial charge >= 0.3 is 5.63 Å². The molecule has 5 aromatic rings. The number of benzene rings is 2. The number of likely N-dealkylation sites (tertiary alicyclic amines) is 1. The van der Waals surface area contributed by atoms with Gasteiger partial charge in [-0.1, -0.05) is 35.5 Å². The number of rotatable bonds is 4. The molecule has 0 N–H and O–H groups in total. The molecular weight excluding hydrogens is 432 g/mol. The number of aromatic nitrogens is 5. The van der Waals surface area contributed by atoms with Gasteiger partial charge in [-0.05, 0) is 37.1 Å². The quantitative estimate of drug-likeness (QED) is 0.387. The van der Waals surface area contributed by atoms with Crippen LogP contribution in [0.2, 0.25) is 0 Å². The number of carbonyl (C=O) groups excluding carboxylic acids is 1. The standard InChI is InChI=1S/C25H22N6O3/c32-24(19-15-18-5-1-4-8-22(18)34-25(19)33)29-12-9-17(10-13-29)23-26-11-14-30(23)16-31-21-7-3-2-6-20(21)27-28-31/h1-8,11,14-15,17H,9-10,12-13,16H2. The van der Waals surface area contributed by atoms with E-state index in [9.17, 15) is 9.59 Å². The maximum Gasteiger partial charge on any atom is 0.349 e. The van der Waals surface area contributed by atoms with E-state index in [0.29, 0.717) is 25.3 Å². The monoisotopic (exact) mass is 454 g/mol. The normalized spacial score (nSPS) is 14.8. The fraction of sp³-hybridized carbons (Fsp3) is 0.240. The van der Waals surface area contributed by atoms with Crippen molar-refractivity contribution in [3.63, 3.8) is 0 Å². The zero-order valence-corrected chi connectivity index (χ0v) is 18.4. The number of amides is 1. The summed E-state index contributed by atoms with van der Waals surface area (Å²) in [6.07, 6.45) is 5.27. The first-order valence-corrected chi connectivity index (χ1v) is 11.3. The van der Waals surface area contributed by atoms with Crippen LogP contribution in [-0.2, 0) is 6.67 Å². The fourth-order valence-corrected chi connectivity index (χ4v) is 4.69. The van der Waals surface area contributed by atoms with Gasteiger partial charge in [-0.2, -0.15) is 0 Å². The first-order valence-electron chi connectivity index (χ1n) is 11.3. The highest BCUT2D eigenvalue weighted by Crippen LogP contribution is 2.28. The van der Waals surface area contributed by atoms with Crippen molar-refractivity contribution < 1.29 is 9.21 Å². The summed E-state index contributed by atoms with van der Waals surface area (Å²) in [5.41, 5.74) is 1.79. The van der Waals surface area contributed by atoms with E-state index in [1.54, 1.807) is 29.3 Å². The molecule has 0 atom stereocenters. The van der Waals surface area contributed by atoms with Crippen molar-refractivity contribution in [3.8, 4) is 0 Å². The number of nitrogens with zero attached hydrogens (tertiary/aromatic N) is 6. The Hall–Kier alpha value is -4.27. The summed E-state index contributed by atoms with van der Waals surface area (Å²) >= 11 is 0. The lowest BCUT2D eigenvalue weighted by molar-refractivity contribution is 0.0706. The Labute approximate surface area is 194 Å². The van der Waals surface area contributed by atoms with E-state index in [0.717, 1.165) is 35.1 Å². The Balaban J connectivity index is 1.17. The molecule has 1 saturated heterocycles. The van der Waals surface area contributed by atoms with E-state index in [2.05, 4.69) is 19.9 Å². The Kier molecular flexibility index (Phi) is 4.94. The summed E-state index contributed by atoms with van der Waals surface area (Å²) < 4.78 is 9.30. The molecule has 170 valence electrons. The topological polar surface area (TPSA) is 99.1 Å². The summed E-state index contributed by atoms with van der Waals surface area (Å²) in [6.45, 7) is 1.62. The third-order valence-electron chi connectivity index (χ3n) is 6.47. The van der Waals surface area contributed by atoms with Gasteiger partial charge in [0.1, 0.15) is 29.2 Å². The molecule has 0 unspecified atom stereocenters. The molecule has 2 aromatic carbocycles. The van der Waals surface area contributed by atoms with Crippen LogP contribution in [0.3, 0.4) is 0 Å². The van der Waals surface area contributed by atoms with Crippen molar-refractivity contribution in [2.75, 3.05) is 13.1 Å². The van der Waals surface area contributed by atoms with Crippen molar-refractivity contribution >= 4 is 27.9 Å². The lowest BCUT2D eigenvalue weighted by Gasteiger charge is -2.31. The first kappa shape index (κ1) is 20.3. The molecule has 1 fully saturated rings. The minimum atomic E-state index is -0.596. The molecule has 4 heterocycles. The number of imidazole rings is 1. The summed E-state index contributed by atoms with van der Waals surface area (Å²) in [5, 5.41) is 9.25. The molecule has 9 nitrogen and oxygen atoms in total. The molecule has 0 bridgehead atoms. The number of carbonyl (C=O) groups is 1. The third-order valence-corrected chi connectivity index (χ3v) is 6.47. The predicted octanol–water partition coefficient (Wildman–Crippen LogP) is 3.26. The molecule has 1 aliphatic rings. The Morgan fingerprint density at radius 3 is 2.74 bits per heavy atom. The van der Waals surface area contributed by atoms with Crippen molar-refractivity contribution in [3.05, 3.63) is 88.8 Å². The number of hydrogen-bond donors (Lipinski definition) is 0. The predicted molar refractivity (Wildman–Crippen MR) is 126 cm³/mol. The van der Waals surface area contributed by atoms with Crippen molar-refractivity contribution in [1.82, 2.24) is 29.4 Å². The first-order chi connectivity index (χ1) is 16.7. The van der Waals surface area contributed by atoms with Gasteiger partial charge in [-0.25, -0.2) is 14.5 Å². The Morgan fingerprint density at radius 2 is 1.85 bits per heavy atom. The van der Waals surface area contributed by atoms with Gasteiger partial charge in [0.2, 0.25) is 0 Å². The molecule has 0 spiro atoms. The third kappa shape index (κ3) is 3.55. The zero-order valence-electron chi connectivity index (χ0n) is 18.4. The van der Waals surface area contributed by atoms with Gasteiger partial charge in [0.25, 0.3) is 5.91 Å². The summed E-state index contributed by atoms with van der Waals surface area (Å²) in [7, 11) is 0. The van der Waals surface area contributed by atoms with Gasteiger partial charge in [-0.15, -0.1) is 5.10 Å². The minimum absolute atomic E-state index is 0.0803. The van der Waals surface area contributed by atoms with Crippen molar-refractivity contribution in [2.45, 2.75) is 25.4 Å². The maximum atomic E-state index is 13.1. The average Bonchev–Trinajstić information content (AvgIpc) is 3.51. The molecule has 1 aliphatic heterocycles. The summed E-state index contributed by atoms with van der Waals surface area (Å²) in [6, 6.07) is 16.7. The smallest absolute Gasteiger partial charge is 0.349 e. The molecular formula is C25H22N6O3. The van der Waals surface area contributed by atoms with Crippen LogP contribution in [-0.4, -0.2) is 48.4 Å². The number of para-hydroxylation sites is 2. The van der Waals surface area contributed by atoms with Gasteiger partial charge in [-0.3, -0.25) is 4.79 Å². The van der Waals surface area contributed by atoms with E-state index in [1.807, 2.05) is 47.3 Å². The van der Waals surface area contributed by atoms with Crippen LogP contribution in [0, 0.1) is 0 Å². The molecule has 3 aromatic heterocycles. The maximum absolute atomic E-state index is 13.1. The van der Waals surface area contributed by atoms with Crippen LogP contribution < -0.4 is 5.63 Å². The van der Waals surface area contributed by atoms with Crippen LogP contribution in [0.1, 0.15) is 34.9 Å². The highest BCUT2D eigenvalue weighted by Gasteiger charge is 2.28. The van der Waals surface area contributed by atoms with Crippen LogP contribution in [0.15, 0.2) is 76.2 Å². The second kappa shape index (κ2) is 8.26. The van der Waals surface area contributed by atoms with Gasteiger partial charge in [0, 0.05) is 36.8 Å². The largest absolute Gasteiger partial charge is 0.422 e. The van der Waals surface area contributed by atoms with Gasteiger partial charge in [0.15, 0.2) is 0 Å². The number of hydrogen-bond acceptors (Lipinski definition) is 6. The second-order valence-electron chi connectivity index (χ2n) is 8.53. The second-order valence-corrected chi connectivity index (χ2v) is 8.53. The van der Waals surface area contributed by atoms with Gasteiger partial charge in [0.05, 0.1) is 5.52 Å². The Morgan fingerprint density at radius 1 is 1.06 bits per heavy atom. The molecule has 6 rings (SSSR count). The van der Waals surface area contributed by atoms with Crippen molar-refractivity contribution in [1.29, 1.82) is 0 Å². The van der Waals surface area contributed by atoms with E-state index in [1.165, 1.54) is 0 Å². The Bertz CT molecular complexity index is 1560. The molecule has 0 saturated carbocycles. The van der Waals surface area contributed by atoms with E-state index >= 15 is 0 Å². The van der Waals surface area contributed by atoms with Crippen LogP contribution >= 0.6 is 0 Å². The molecule has 9 heteroatoms.